The van der Waals surface area contributed by atoms with E-state index in [1.54, 1.807) is 12.1 Å². The van der Waals surface area contributed by atoms with Crippen molar-refractivity contribution in [2.24, 2.45) is 5.73 Å². The zero-order valence-corrected chi connectivity index (χ0v) is 8.57. The van der Waals surface area contributed by atoms with Gasteiger partial charge in [0.25, 0.3) is 0 Å². The summed E-state index contributed by atoms with van der Waals surface area (Å²) in [5.74, 6) is -0.0293. The van der Waals surface area contributed by atoms with Gasteiger partial charge in [0.15, 0.2) is 0 Å². The number of phenols is 1. The van der Waals surface area contributed by atoms with Crippen molar-refractivity contribution < 1.29 is 10.2 Å². The molecule has 5 nitrogen and oxygen atoms in total. The van der Waals surface area contributed by atoms with E-state index in [-0.39, 0.29) is 17.2 Å². The second-order valence-corrected chi connectivity index (χ2v) is 4.07. The molecule has 0 saturated carbocycles. The number of hydrogen-bond acceptors (Lipinski definition) is 5. The molecule has 4 N–H and O–H groups in total. The van der Waals surface area contributed by atoms with Gasteiger partial charge in [-0.2, -0.15) is 0 Å². The second kappa shape index (κ2) is 3.65. The van der Waals surface area contributed by atoms with Crippen molar-refractivity contribution in [3.8, 4) is 5.75 Å². The van der Waals surface area contributed by atoms with Crippen LogP contribution in [0.1, 0.15) is 6.23 Å². The smallest absolute Gasteiger partial charge is 0.310 e. The topological polar surface area (TPSA) is 88.5 Å². The standard InChI is InChI=1S/C9H10N2O3S/c10-4-7(13)11-8-5(12)2-1-3-6(8)15-9(11)14/h1-3,7,12-13H,4,10H2/t7-/m1/s1. The number of nitrogens with two attached hydrogens (primary N) is 1. The molecule has 0 aliphatic carbocycles. The van der Waals surface area contributed by atoms with Gasteiger partial charge in [0.05, 0.1) is 4.70 Å². The Morgan fingerprint density at radius 2 is 2.27 bits per heavy atom. The van der Waals surface area contributed by atoms with E-state index in [0.717, 1.165) is 15.9 Å². The minimum atomic E-state index is -1.10. The first-order valence-corrected chi connectivity index (χ1v) is 5.18. The Hall–Kier alpha value is -1.37. The zero-order valence-electron chi connectivity index (χ0n) is 7.75. The van der Waals surface area contributed by atoms with E-state index >= 15 is 0 Å². The summed E-state index contributed by atoms with van der Waals surface area (Å²) in [5.41, 5.74) is 5.62. The minimum absolute atomic E-state index is 0.0293. The summed E-state index contributed by atoms with van der Waals surface area (Å²) >= 11 is 0.968. The molecule has 0 aliphatic rings. The molecular formula is C9H10N2O3S. The first kappa shape index (κ1) is 10.2. The van der Waals surface area contributed by atoms with Crippen LogP contribution in [0.4, 0.5) is 0 Å². The molecule has 6 heteroatoms. The fourth-order valence-electron chi connectivity index (χ4n) is 1.45. The number of rotatable bonds is 2. The number of phenolic OH excluding ortho intramolecular Hbond substituents is 1. The lowest BCUT2D eigenvalue weighted by molar-refractivity contribution is 0.115. The Balaban J connectivity index is 2.82. The Kier molecular flexibility index (Phi) is 2.47. The number of fused-ring (bicyclic) bond motifs is 1. The van der Waals surface area contributed by atoms with Gasteiger partial charge >= 0.3 is 4.87 Å². The molecule has 0 radical (unpaired) electrons. The summed E-state index contributed by atoms with van der Waals surface area (Å²) in [5, 5.41) is 19.2. The van der Waals surface area contributed by atoms with Crippen LogP contribution in [0.5, 0.6) is 5.75 Å². The Morgan fingerprint density at radius 3 is 2.93 bits per heavy atom. The molecule has 1 aromatic heterocycles. The average molecular weight is 226 g/mol. The van der Waals surface area contributed by atoms with E-state index in [9.17, 15) is 15.0 Å². The van der Waals surface area contributed by atoms with Gasteiger partial charge in [0.2, 0.25) is 0 Å². The van der Waals surface area contributed by atoms with Gasteiger partial charge in [-0.1, -0.05) is 17.4 Å². The summed E-state index contributed by atoms with van der Waals surface area (Å²) in [6.45, 7) is -0.0694. The summed E-state index contributed by atoms with van der Waals surface area (Å²) in [4.78, 5) is 11.2. The van der Waals surface area contributed by atoms with Crippen LogP contribution in [0.15, 0.2) is 23.0 Å². The van der Waals surface area contributed by atoms with Crippen molar-refractivity contribution in [2.75, 3.05) is 6.54 Å². The van der Waals surface area contributed by atoms with Crippen LogP contribution in [0.25, 0.3) is 10.2 Å². The third kappa shape index (κ3) is 1.52. The first-order chi connectivity index (χ1) is 7.15. The number of benzene rings is 1. The Bertz CT molecular complexity index is 546. The number of aromatic hydroxyl groups is 1. The van der Waals surface area contributed by atoms with E-state index in [1.807, 2.05) is 0 Å². The highest BCUT2D eigenvalue weighted by Gasteiger charge is 2.15. The van der Waals surface area contributed by atoms with E-state index in [4.69, 9.17) is 5.73 Å². The number of aliphatic hydroxyl groups excluding tert-OH is 1. The SMILES string of the molecule is NC[C@@H](O)n1c(=O)sc2cccc(O)c21. The molecule has 0 bridgehead atoms. The quantitative estimate of drug-likeness (QED) is 0.683. The predicted molar refractivity (Wildman–Crippen MR) is 58.1 cm³/mol. The summed E-state index contributed by atoms with van der Waals surface area (Å²) in [6, 6.07) is 4.82. The van der Waals surface area contributed by atoms with Crippen LogP contribution in [-0.4, -0.2) is 21.3 Å². The maximum atomic E-state index is 11.5. The van der Waals surface area contributed by atoms with E-state index < -0.39 is 6.23 Å². The molecule has 2 aromatic rings. The third-order valence-electron chi connectivity index (χ3n) is 2.12. The molecule has 80 valence electrons. The summed E-state index contributed by atoms with van der Waals surface area (Å²) < 4.78 is 1.74. The highest BCUT2D eigenvalue weighted by Crippen LogP contribution is 2.27. The van der Waals surface area contributed by atoms with Gasteiger partial charge in [-0.05, 0) is 12.1 Å². The lowest BCUT2D eigenvalue weighted by Gasteiger charge is -2.10. The van der Waals surface area contributed by atoms with Crippen LogP contribution < -0.4 is 10.6 Å². The zero-order chi connectivity index (χ0) is 11.0. The number of nitrogens with zero attached hydrogens (tertiary/aromatic N) is 1. The molecule has 0 saturated heterocycles. The molecular weight excluding hydrogens is 216 g/mol. The molecule has 2 rings (SSSR count). The molecule has 15 heavy (non-hydrogen) atoms. The first-order valence-electron chi connectivity index (χ1n) is 4.36. The van der Waals surface area contributed by atoms with E-state index in [0.29, 0.717) is 10.2 Å². The lowest BCUT2D eigenvalue weighted by Crippen LogP contribution is -2.25. The highest BCUT2D eigenvalue weighted by atomic mass is 32.1. The van der Waals surface area contributed by atoms with E-state index in [1.165, 1.54) is 6.07 Å². The van der Waals surface area contributed by atoms with Crippen molar-refractivity contribution in [2.45, 2.75) is 6.23 Å². The molecule has 1 heterocycles. The Labute approximate surface area is 89.0 Å². The molecule has 0 fully saturated rings. The molecule has 1 atom stereocenters. The van der Waals surface area contributed by atoms with Crippen molar-refractivity contribution in [1.29, 1.82) is 0 Å². The number of aliphatic hydroxyl groups is 1. The van der Waals surface area contributed by atoms with Crippen molar-refractivity contribution >= 4 is 21.6 Å². The van der Waals surface area contributed by atoms with Crippen molar-refractivity contribution in [3.63, 3.8) is 0 Å². The summed E-state index contributed by atoms with van der Waals surface area (Å²) in [6.07, 6.45) is -1.10. The van der Waals surface area contributed by atoms with Crippen LogP contribution in [0.2, 0.25) is 0 Å². The van der Waals surface area contributed by atoms with Gasteiger partial charge in [-0.25, -0.2) is 0 Å². The second-order valence-electron chi connectivity index (χ2n) is 3.08. The largest absolute Gasteiger partial charge is 0.506 e. The molecule has 0 unspecified atom stereocenters. The van der Waals surface area contributed by atoms with Crippen molar-refractivity contribution in [3.05, 3.63) is 27.9 Å². The normalized spacial score (nSPS) is 13.2. The number of thiazole rings is 1. The predicted octanol–water partition coefficient (Wildman–Crippen LogP) is 0.218. The van der Waals surface area contributed by atoms with Gasteiger partial charge in [0.1, 0.15) is 17.5 Å². The molecule has 1 aromatic carbocycles. The monoisotopic (exact) mass is 226 g/mol. The number of aromatic nitrogens is 1. The third-order valence-corrected chi connectivity index (χ3v) is 3.04. The van der Waals surface area contributed by atoms with Gasteiger partial charge in [0, 0.05) is 6.54 Å². The van der Waals surface area contributed by atoms with Crippen molar-refractivity contribution in [1.82, 2.24) is 4.57 Å². The maximum absolute atomic E-state index is 11.5. The van der Waals surface area contributed by atoms with Gasteiger partial charge < -0.3 is 15.9 Å². The lowest BCUT2D eigenvalue weighted by atomic mass is 10.3. The van der Waals surface area contributed by atoms with Crippen LogP contribution in [0.3, 0.4) is 0 Å². The van der Waals surface area contributed by atoms with Crippen LogP contribution in [0, 0.1) is 0 Å². The van der Waals surface area contributed by atoms with Gasteiger partial charge in [-0.3, -0.25) is 9.36 Å². The minimum Gasteiger partial charge on any atom is -0.506 e. The maximum Gasteiger partial charge on any atom is 0.310 e. The Morgan fingerprint density at radius 1 is 1.53 bits per heavy atom. The number of para-hydroxylation sites is 1. The fraction of sp³-hybridized carbons (Fsp3) is 0.222. The number of hydrogen-bond donors (Lipinski definition) is 3. The fourth-order valence-corrected chi connectivity index (χ4v) is 2.39. The molecule has 0 aliphatic heterocycles. The average Bonchev–Trinajstić information content (AvgIpc) is 2.55. The van der Waals surface area contributed by atoms with Crippen LogP contribution >= 0.6 is 11.3 Å². The highest BCUT2D eigenvalue weighted by molar-refractivity contribution is 7.16. The van der Waals surface area contributed by atoms with Gasteiger partial charge in [-0.15, -0.1) is 0 Å². The van der Waals surface area contributed by atoms with E-state index in [2.05, 4.69) is 0 Å². The molecule has 0 spiro atoms. The van der Waals surface area contributed by atoms with Crippen LogP contribution in [-0.2, 0) is 0 Å². The summed E-state index contributed by atoms with van der Waals surface area (Å²) in [7, 11) is 0. The molecule has 0 amide bonds.